The fourth-order valence-corrected chi connectivity index (χ4v) is 1.35. The van der Waals surface area contributed by atoms with Gasteiger partial charge in [0.1, 0.15) is 5.65 Å². The predicted octanol–water partition coefficient (Wildman–Crippen LogP) is -0.287. The van der Waals surface area contributed by atoms with Crippen LogP contribution in [0.15, 0.2) is 18.3 Å². The summed E-state index contributed by atoms with van der Waals surface area (Å²) in [6.07, 6.45) is 1.31. The van der Waals surface area contributed by atoms with E-state index in [-0.39, 0.29) is 11.3 Å². The Balaban J connectivity index is 2.53. The molecule has 0 amide bonds. The fourth-order valence-electron chi connectivity index (χ4n) is 1.35. The second-order valence-electron chi connectivity index (χ2n) is 3.12. The topological polar surface area (TPSA) is 95.1 Å². The Morgan fingerprint density at radius 3 is 2.81 bits per heavy atom. The van der Waals surface area contributed by atoms with Gasteiger partial charge in [-0.1, -0.05) is 0 Å². The number of rotatable bonds is 2. The van der Waals surface area contributed by atoms with E-state index >= 15 is 0 Å². The molecule has 0 aliphatic carbocycles. The smallest absolute Gasteiger partial charge is 0.339 e. The van der Waals surface area contributed by atoms with Gasteiger partial charge in [0.05, 0.1) is 24.3 Å². The average Bonchev–Trinajstić information content (AvgIpc) is 2.70. The van der Waals surface area contributed by atoms with Crippen molar-refractivity contribution in [1.82, 2.24) is 9.97 Å². The number of aromatic carboxylic acids is 1. The van der Waals surface area contributed by atoms with Crippen LogP contribution in [0.3, 0.4) is 0 Å². The van der Waals surface area contributed by atoms with E-state index in [0.717, 1.165) is 0 Å². The Hall–Kier alpha value is -2.37. The van der Waals surface area contributed by atoms with Crippen LogP contribution in [0.1, 0.15) is 20.8 Å². The molecule has 2 rings (SSSR count). The highest BCUT2D eigenvalue weighted by Crippen LogP contribution is 2.14. The number of aromatic amines is 1. The standard InChI is InChI=1S/C10H8N2O4/c1-16-10(15)6-2-5-3-7(9(13)14)12-8(5)11-4-6/h2-4H,1H3,(H,11,12)(H,13,14)/p-1. The number of ether oxygens (including phenoxy) is 1. The summed E-state index contributed by atoms with van der Waals surface area (Å²) in [5.74, 6) is -1.84. The lowest BCUT2D eigenvalue weighted by Gasteiger charge is -1.97. The molecule has 0 unspecified atom stereocenters. The first-order valence-electron chi connectivity index (χ1n) is 4.40. The molecule has 0 saturated heterocycles. The largest absolute Gasteiger partial charge is 0.543 e. The molecule has 0 radical (unpaired) electrons. The van der Waals surface area contributed by atoms with Crippen molar-refractivity contribution in [3.8, 4) is 0 Å². The zero-order valence-corrected chi connectivity index (χ0v) is 8.31. The van der Waals surface area contributed by atoms with Gasteiger partial charge in [0.2, 0.25) is 0 Å². The molecule has 1 N–H and O–H groups in total. The monoisotopic (exact) mass is 219 g/mol. The molecule has 16 heavy (non-hydrogen) atoms. The minimum Gasteiger partial charge on any atom is -0.543 e. The first kappa shape index (κ1) is 10.2. The lowest BCUT2D eigenvalue weighted by Crippen LogP contribution is -2.22. The van der Waals surface area contributed by atoms with E-state index in [0.29, 0.717) is 11.0 Å². The minimum atomic E-state index is -1.32. The Kier molecular flexibility index (Phi) is 2.32. The molecule has 0 bridgehead atoms. The maximum atomic E-state index is 11.2. The van der Waals surface area contributed by atoms with Gasteiger partial charge in [0, 0.05) is 11.6 Å². The lowest BCUT2D eigenvalue weighted by molar-refractivity contribution is -0.255. The zero-order valence-electron chi connectivity index (χ0n) is 8.31. The molecule has 0 spiro atoms. The van der Waals surface area contributed by atoms with Gasteiger partial charge >= 0.3 is 5.97 Å². The summed E-state index contributed by atoms with van der Waals surface area (Å²) in [6, 6.07) is 2.85. The van der Waals surface area contributed by atoms with Crippen LogP contribution in [0.5, 0.6) is 0 Å². The second-order valence-corrected chi connectivity index (χ2v) is 3.12. The lowest BCUT2D eigenvalue weighted by atomic mass is 10.2. The van der Waals surface area contributed by atoms with Crippen molar-refractivity contribution in [2.24, 2.45) is 0 Å². The van der Waals surface area contributed by atoms with E-state index in [4.69, 9.17) is 0 Å². The van der Waals surface area contributed by atoms with Crippen molar-refractivity contribution in [3.63, 3.8) is 0 Å². The Morgan fingerprint density at radius 1 is 1.44 bits per heavy atom. The SMILES string of the molecule is COC(=O)c1cnc2[nH]c(C(=O)[O-])cc2c1. The molecule has 0 atom stereocenters. The molecule has 6 nitrogen and oxygen atoms in total. The number of carbonyl (C=O) groups excluding carboxylic acids is 2. The molecular formula is C10H7N2O4-. The molecule has 6 heteroatoms. The number of H-pyrrole nitrogens is 1. The van der Waals surface area contributed by atoms with Gasteiger partial charge in [0.15, 0.2) is 0 Å². The van der Waals surface area contributed by atoms with Crippen molar-refractivity contribution < 1.29 is 19.4 Å². The third kappa shape index (κ3) is 1.60. The molecule has 2 aromatic rings. The fraction of sp³-hybridized carbons (Fsp3) is 0.100. The average molecular weight is 219 g/mol. The minimum absolute atomic E-state index is 0.0792. The summed E-state index contributed by atoms with van der Waals surface area (Å²) in [7, 11) is 1.26. The molecule has 0 fully saturated rings. The summed E-state index contributed by atoms with van der Waals surface area (Å²) in [4.78, 5) is 28.2. The van der Waals surface area contributed by atoms with Gasteiger partial charge in [-0.15, -0.1) is 0 Å². The summed E-state index contributed by atoms with van der Waals surface area (Å²) in [5, 5.41) is 11.1. The van der Waals surface area contributed by atoms with E-state index in [9.17, 15) is 14.7 Å². The van der Waals surface area contributed by atoms with Crippen LogP contribution in [0.4, 0.5) is 0 Å². The zero-order chi connectivity index (χ0) is 11.7. The summed E-state index contributed by atoms with van der Waals surface area (Å²) in [5.41, 5.74) is 0.565. The van der Waals surface area contributed by atoms with Crippen LogP contribution in [0, 0.1) is 0 Å². The highest BCUT2D eigenvalue weighted by Gasteiger charge is 2.09. The Morgan fingerprint density at radius 2 is 2.19 bits per heavy atom. The van der Waals surface area contributed by atoms with E-state index in [1.54, 1.807) is 0 Å². The predicted molar refractivity (Wildman–Crippen MR) is 51.8 cm³/mol. The molecule has 0 aliphatic heterocycles. The summed E-state index contributed by atoms with van der Waals surface area (Å²) < 4.78 is 4.52. The number of carboxylic acids is 1. The second kappa shape index (κ2) is 3.65. The van der Waals surface area contributed by atoms with Gasteiger partial charge in [-0.2, -0.15) is 0 Å². The summed E-state index contributed by atoms with van der Waals surface area (Å²) in [6.45, 7) is 0. The number of carboxylic acid groups (broad SMARTS) is 1. The van der Waals surface area contributed by atoms with Gasteiger partial charge < -0.3 is 19.6 Å². The van der Waals surface area contributed by atoms with Gasteiger partial charge in [0.25, 0.3) is 0 Å². The van der Waals surface area contributed by atoms with Crippen LogP contribution >= 0.6 is 0 Å². The number of methoxy groups -OCH3 is 1. The van der Waals surface area contributed by atoms with Gasteiger partial charge in [-0.05, 0) is 12.1 Å². The van der Waals surface area contributed by atoms with Gasteiger partial charge in [-0.25, -0.2) is 9.78 Å². The number of nitrogens with zero attached hydrogens (tertiary/aromatic N) is 1. The van der Waals surface area contributed by atoms with E-state index in [1.807, 2.05) is 0 Å². The number of carbonyl (C=O) groups is 2. The van der Waals surface area contributed by atoms with E-state index < -0.39 is 11.9 Å². The molecule has 0 aliphatic rings. The van der Waals surface area contributed by atoms with E-state index in [1.165, 1.54) is 25.4 Å². The molecule has 82 valence electrons. The third-order valence-electron chi connectivity index (χ3n) is 2.11. The Bertz CT molecular complexity index is 573. The van der Waals surface area contributed by atoms with Crippen molar-refractivity contribution in [2.45, 2.75) is 0 Å². The first-order chi connectivity index (χ1) is 7.61. The Labute approximate surface area is 89.9 Å². The van der Waals surface area contributed by atoms with Crippen LogP contribution in [-0.4, -0.2) is 29.0 Å². The summed E-state index contributed by atoms with van der Waals surface area (Å²) >= 11 is 0. The van der Waals surface area contributed by atoms with Crippen LogP contribution in [0.2, 0.25) is 0 Å². The molecule has 0 aromatic carbocycles. The van der Waals surface area contributed by atoms with E-state index in [2.05, 4.69) is 14.7 Å². The normalized spacial score (nSPS) is 10.3. The highest BCUT2D eigenvalue weighted by molar-refractivity contribution is 5.96. The molecule has 2 aromatic heterocycles. The number of nitrogens with one attached hydrogen (secondary N) is 1. The third-order valence-corrected chi connectivity index (χ3v) is 2.11. The van der Waals surface area contributed by atoms with Crippen LogP contribution in [-0.2, 0) is 4.74 Å². The maximum absolute atomic E-state index is 11.2. The molecular weight excluding hydrogens is 212 g/mol. The van der Waals surface area contributed by atoms with Gasteiger partial charge in [-0.3, -0.25) is 0 Å². The molecule has 2 heterocycles. The number of hydrogen-bond acceptors (Lipinski definition) is 5. The number of esters is 1. The van der Waals surface area contributed by atoms with Crippen molar-refractivity contribution in [3.05, 3.63) is 29.6 Å². The van der Waals surface area contributed by atoms with Crippen LogP contribution < -0.4 is 5.11 Å². The maximum Gasteiger partial charge on any atom is 0.339 e. The van der Waals surface area contributed by atoms with Crippen molar-refractivity contribution in [2.75, 3.05) is 7.11 Å². The number of fused-ring (bicyclic) bond motifs is 1. The first-order valence-corrected chi connectivity index (χ1v) is 4.40. The van der Waals surface area contributed by atoms with Crippen molar-refractivity contribution in [1.29, 1.82) is 0 Å². The van der Waals surface area contributed by atoms with Crippen LogP contribution in [0.25, 0.3) is 11.0 Å². The number of pyridine rings is 1. The molecule has 0 saturated carbocycles. The quantitative estimate of drug-likeness (QED) is 0.700. The van der Waals surface area contributed by atoms with Crippen molar-refractivity contribution >= 4 is 23.0 Å². The number of aromatic nitrogens is 2. The highest BCUT2D eigenvalue weighted by atomic mass is 16.5. The number of hydrogen-bond donors (Lipinski definition) is 1.